The van der Waals surface area contributed by atoms with E-state index in [0.29, 0.717) is 25.6 Å². The molecule has 0 saturated heterocycles. The number of H-pyrrole nitrogens is 1. The van der Waals surface area contributed by atoms with Crippen molar-refractivity contribution in [2.45, 2.75) is 13.2 Å². The number of aromatic nitrogens is 3. The third-order valence-corrected chi connectivity index (χ3v) is 3.33. The third kappa shape index (κ3) is 3.24. The van der Waals surface area contributed by atoms with Crippen LogP contribution in [0.5, 0.6) is 5.88 Å². The first-order chi connectivity index (χ1) is 10.9. The van der Waals surface area contributed by atoms with E-state index in [1.807, 2.05) is 36.5 Å². The Morgan fingerprint density at radius 1 is 1.18 bits per heavy atom. The first kappa shape index (κ1) is 14.5. The molecule has 0 aliphatic carbocycles. The molecule has 114 valence electrons. The molecule has 0 amide bonds. The molecule has 3 aromatic rings. The Kier molecular flexibility index (Phi) is 4.62. The summed E-state index contributed by atoms with van der Waals surface area (Å²) >= 11 is 0. The lowest BCUT2D eigenvalue weighted by Crippen LogP contribution is -2.17. The van der Waals surface area contributed by atoms with E-state index in [-0.39, 0.29) is 6.61 Å². The van der Waals surface area contributed by atoms with E-state index in [1.54, 1.807) is 0 Å². The summed E-state index contributed by atoms with van der Waals surface area (Å²) in [5.74, 6) is 0.544. The quantitative estimate of drug-likeness (QED) is 0.577. The molecule has 0 atom stereocenters. The van der Waals surface area contributed by atoms with E-state index in [9.17, 15) is 0 Å². The maximum absolute atomic E-state index is 8.81. The van der Waals surface area contributed by atoms with E-state index in [1.165, 1.54) is 6.33 Å². The van der Waals surface area contributed by atoms with Crippen LogP contribution in [0.3, 0.4) is 0 Å². The number of hydrogen-bond donors (Lipinski definition) is 3. The van der Waals surface area contributed by atoms with Gasteiger partial charge < -0.3 is 20.1 Å². The summed E-state index contributed by atoms with van der Waals surface area (Å²) in [6.07, 6.45) is 3.39. The molecule has 2 aromatic heterocycles. The van der Waals surface area contributed by atoms with Gasteiger partial charge in [-0.2, -0.15) is 4.98 Å². The zero-order chi connectivity index (χ0) is 15.2. The van der Waals surface area contributed by atoms with E-state index in [4.69, 9.17) is 9.84 Å². The number of aliphatic hydroxyl groups is 1. The second-order valence-electron chi connectivity index (χ2n) is 4.89. The van der Waals surface area contributed by atoms with Crippen LogP contribution in [-0.4, -0.2) is 33.2 Å². The van der Waals surface area contributed by atoms with Crippen LogP contribution in [0.15, 0.2) is 42.9 Å². The van der Waals surface area contributed by atoms with Gasteiger partial charge >= 0.3 is 0 Å². The highest BCUT2D eigenvalue weighted by molar-refractivity contribution is 5.82. The first-order valence-corrected chi connectivity index (χ1v) is 7.17. The summed E-state index contributed by atoms with van der Waals surface area (Å²) in [4.78, 5) is 11.7. The van der Waals surface area contributed by atoms with Gasteiger partial charge in [-0.3, -0.25) is 0 Å². The maximum Gasteiger partial charge on any atom is 0.241 e. The Labute approximate surface area is 128 Å². The highest BCUT2D eigenvalue weighted by atomic mass is 16.5. The van der Waals surface area contributed by atoms with E-state index in [2.05, 4.69) is 20.3 Å². The van der Waals surface area contributed by atoms with Gasteiger partial charge in [0.1, 0.15) is 18.5 Å². The molecule has 0 radical (unpaired) electrons. The molecule has 2 heterocycles. The van der Waals surface area contributed by atoms with Crippen molar-refractivity contribution in [3.8, 4) is 5.88 Å². The Morgan fingerprint density at radius 3 is 2.86 bits per heavy atom. The van der Waals surface area contributed by atoms with E-state index in [0.717, 1.165) is 22.2 Å². The first-order valence-electron chi connectivity index (χ1n) is 7.17. The number of nitrogens with one attached hydrogen (secondary N) is 2. The lowest BCUT2D eigenvalue weighted by atomic mass is 10.2. The van der Waals surface area contributed by atoms with Crippen LogP contribution in [0.1, 0.15) is 11.1 Å². The third-order valence-electron chi connectivity index (χ3n) is 3.33. The topological polar surface area (TPSA) is 83.1 Å². The van der Waals surface area contributed by atoms with Gasteiger partial charge in [0.15, 0.2) is 0 Å². The largest absolute Gasteiger partial charge is 0.471 e. The van der Waals surface area contributed by atoms with Crippen LogP contribution < -0.4 is 10.1 Å². The molecule has 0 aliphatic heterocycles. The Balaban J connectivity index is 1.76. The van der Waals surface area contributed by atoms with Crippen molar-refractivity contribution in [3.05, 3.63) is 54.0 Å². The molecule has 1 aromatic carbocycles. The number of rotatable bonds is 7. The Bertz CT molecular complexity index is 727. The van der Waals surface area contributed by atoms with E-state index < -0.39 is 0 Å². The normalized spacial score (nSPS) is 11.0. The summed E-state index contributed by atoms with van der Waals surface area (Å²) in [6.45, 7) is 1.76. The van der Waals surface area contributed by atoms with Crippen LogP contribution in [0.2, 0.25) is 0 Å². The molecule has 0 unspecified atom stereocenters. The van der Waals surface area contributed by atoms with Gasteiger partial charge in [0.25, 0.3) is 0 Å². The smallest absolute Gasteiger partial charge is 0.241 e. The van der Waals surface area contributed by atoms with Crippen molar-refractivity contribution in [2.75, 3.05) is 13.2 Å². The maximum atomic E-state index is 8.81. The Hall–Kier alpha value is -2.44. The predicted octanol–water partition coefficient (Wildman–Crippen LogP) is 1.62. The van der Waals surface area contributed by atoms with Gasteiger partial charge in [0.05, 0.1) is 12.1 Å². The SMILES string of the molecule is OCCNCc1c[nH]c2c(OCc3ccccc3)ncnc12. The van der Waals surface area contributed by atoms with Crippen molar-refractivity contribution < 1.29 is 9.84 Å². The Morgan fingerprint density at radius 2 is 2.05 bits per heavy atom. The molecule has 0 saturated carbocycles. The van der Waals surface area contributed by atoms with Crippen LogP contribution in [-0.2, 0) is 13.2 Å². The number of nitrogens with zero attached hydrogens (tertiary/aromatic N) is 2. The molecule has 22 heavy (non-hydrogen) atoms. The number of ether oxygens (including phenoxy) is 1. The van der Waals surface area contributed by atoms with Gasteiger partial charge in [-0.15, -0.1) is 0 Å². The zero-order valence-electron chi connectivity index (χ0n) is 12.1. The molecule has 3 rings (SSSR count). The number of aliphatic hydroxyl groups excluding tert-OH is 1. The average Bonchev–Trinajstić information content (AvgIpc) is 2.98. The molecule has 6 nitrogen and oxygen atoms in total. The van der Waals surface area contributed by atoms with Crippen molar-refractivity contribution in [2.24, 2.45) is 0 Å². The molecule has 0 bridgehead atoms. The van der Waals surface area contributed by atoms with Crippen molar-refractivity contribution in [1.82, 2.24) is 20.3 Å². The molecule has 0 aliphatic rings. The second kappa shape index (κ2) is 7.02. The van der Waals surface area contributed by atoms with Crippen LogP contribution in [0.4, 0.5) is 0 Å². The molecule has 0 fully saturated rings. The lowest BCUT2D eigenvalue weighted by molar-refractivity contribution is 0.292. The van der Waals surface area contributed by atoms with Crippen molar-refractivity contribution >= 4 is 11.0 Å². The standard InChI is InChI=1S/C16H18N4O2/c21-7-6-17-8-13-9-18-15-14(13)19-11-20-16(15)22-10-12-4-2-1-3-5-12/h1-5,9,11,17-18,21H,6-8,10H2. The number of aromatic amines is 1. The molecule has 6 heteroatoms. The van der Waals surface area contributed by atoms with Crippen molar-refractivity contribution in [3.63, 3.8) is 0 Å². The second-order valence-corrected chi connectivity index (χ2v) is 4.89. The van der Waals surface area contributed by atoms with Gasteiger partial charge in [-0.25, -0.2) is 4.98 Å². The molecule has 0 spiro atoms. The van der Waals surface area contributed by atoms with Crippen LogP contribution in [0.25, 0.3) is 11.0 Å². The predicted molar refractivity (Wildman–Crippen MR) is 83.5 cm³/mol. The fourth-order valence-electron chi connectivity index (χ4n) is 2.24. The average molecular weight is 298 g/mol. The van der Waals surface area contributed by atoms with Gasteiger partial charge in [-0.1, -0.05) is 30.3 Å². The number of hydrogen-bond acceptors (Lipinski definition) is 5. The summed E-state index contributed by atoms with van der Waals surface area (Å²) in [6, 6.07) is 9.96. The molecular formula is C16H18N4O2. The fourth-order valence-corrected chi connectivity index (χ4v) is 2.24. The minimum absolute atomic E-state index is 0.114. The summed E-state index contributed by atoms with van der Waals surface area (Å²) in [7, 11) is 0. The fraction of sp³-hybridized carbons (Fsp3) is 0.250. The van der Waals surface area contributed by atoms with Gasteiger partial charge in [0.2, 0.25) is 5.88 Å². The highest BCUT2D eigenvalue weighted by Gasteiger charge is 2.11. The van der Waals surface area contributed by atoms with Crippen molar-refractivity contribution in [1.29, 1.82) is 0 Å². The minimum atomic E-state index is 0.114. The summed E-state index contributed by atoms with van der Waals surface area (Å²) in [5.41, 5.74) is 3.74. The minimum Gasteiger partial charge on any atom is -0.471 e. The van der Waals surface area contributed by atoms with Gasteiger partial charge in [-0.05, 0) is 5.56 Å². The number of benzene rings is 1. The zero-order valence-corrected chi connectivity index (χ0v) is 12.1. The monoisotopic (exact) mass is 298 g/mol. The van der Waals surface area contributed by atoms with E-state index >= 15 is 0 Å². The molecular weight excluding hydrogens is 280 g/mol. The highest BCUT2D eigenvalue weighted by Crippen LogP contribution is 2.23. The summed E-state index contributed by atoms with van der Waals surface area (Å²) in [5, 5.41) is 12.0. The summed E-state index contributed by atoms with van der Waals surface area (Å²) < 4.78 is 5.80. The van der Waals surface area contributed by atoms with Gasteiger partial charge in [0, 0.05) is 24.8 Å². The lowest BCUT2D eigenvalue weighted by Gasteiger charge is -2.06. The number of fused-ring (bicyclic) bond motifs is 1. The molecule has 3 N–H and O–H groups in total. The van der Waals surface area contributed by atoms with Crippen LogP contribution in [0, 0.1) is 0 Å². The van der Waals surface area contributed by atoms with Crippen LogP contribution >= 0.6 is 0 Å².